The number of hydrogen-bond acceptors (Lipinski definition) is 4. The van der Waals surface area contributed by atoms with Crippen LogP contribution in [0.2, 0.25) is 0 Å². The molecule has 0 saturated carbocycles. The molecule has 1 unspecified atom stereocenters. The molecule has 0 aliphatic carbocycles. The Hall–Kier alpha value is -3.75. The van der Waals surface area contributed by atoms with Crippen LogP contribution in [0.1, 0.15) is 38.8 Å². The van der Waals surface area contributed by atoms with Gasteiger partial charge in [-0.3, -0.25) is 4.79 Å². The summed E-state index contributed by atoms with van der Waals surface area (Å²) in [6, 6.07) is 15.9. The number of carbonyl (C=O) groups excluding carboxylic acids is 1. The lowest BCUT2D eigenvalue weighted by molar-refractivity contribution is -0.119. The Balaban J connectivity index is 0.00000103. The Bertz CT molecular complexity index is 1180. The Labute approximate surface area is 202 Å². The molecule has 0 fully saturated rings. The number of nitrogens with zero attached hydrogens (tertiary/aromatic N) is 4. The third-order valence-corrected chi connectivity index (χ3v) is 5.06. The molecule has 35 heavy (non-hydrogen) atoms. The van der Waals surface area contributed by atoms with E-state index < -0.39 is 41.3 Å². The van der Waals surface area contributed by atoms with Gasteiger partial charge < -0.3 is 9.80 Å². The smallest absolute Gasteiger partial charge is 0.272 e. The van der Waals surface area contributed by atoms with Gasteiger partial charge in [0.05, 0.1) is 11.4 Å². The van der Waals surface area contributed by atoms with Crippen LogP contribution in [0.5, 0.6) is 0 Å². The van der Waals surface area contributed by atoms with E-state index in [0.29, 0.717) is 22.5 Å². The molecule has 1 aliphatic rings. The standard InChI is InChI=1S/C22H16F4N4O.2C2H6/c1-29-14-11-7-6-10-13(14)17(12-8-4-3-5-9-12)27-21(22(29)31)30(2)18-15(23)19(25)28-20(26)16(18)24;2*1-2/h3-11,21H,1-2H3;2*1-2H3. The number of fused-ring (bicyclic) bond motifs is 1. The van der Waals surface area contributed by atoms with E-state index in [0.717, 1.165) is 11.9 Å². The number of amides is 1. The monoisotopic (exact) mass is 488 g/mol. The van der Waals surface area contributed by atoms with Gasteiger partial charge in [0, 0.05) is 25.2 Å². The van der Waals surface area contributed by atoms with Crippen LogP contribution < -0.4 is 9.80 Å². The van der Waals surface area contributed by atoms with Crippen LogP contribution in [0.25, 0.3) is 0 Å². The highest BCUT2D eigenvalue weighted by Gasteiger charge is 2.36. The predicted molar refractivity (Wildman–Crippen MR) is 131 cm³/mol. The predicted octanol–water partition coefficient (Wildman–Crippen LogP) is 5.97. The molecule has 0 N–H and O–H groups in total. The molecule has 186 valence electrons. The van der Waals surface area contributed by atoms with Gasteiger partial charge in [-0.15, -0.1) is 0 Å². The zero-order valence-electron chi connectivity index (χ0n) is 20.5. The van der Waals surface area contributed by atoms with E-state index in [2.05, 4.69) is 9.98 Å². The number of carbonyl (C=O) groups is 1. The number of benzene rings is 2. The summed E-state index contributed by atoms with van der Waals surface area (Å²) < 4.78 is 56.2. The Morgan fingerprint density at radius 1 is 0.829 bits per heavy atom. The summed E-state index contributed by atoms with van der Waals surface area (Å²) in [6.07, 6.45) is -1.50. The number of rotatable bonds is 3. The molecule has 0 saturated heterocycles. The van der Waals surface area contributed by atoms with Gasteiger partial charge in [-0.2, -0.15) is 22.5 Å². The van der Waals surface area contributed by atoms with Crippen LogP contribution >= 0.6 is 0 Å². The van der Waals surface area contributed by atoms with Crippen molar-refractivity contribution < 1.29 is 22.4 Å². The summed E-state index contributed by atoms with van der Waals surface area (Å²) in [4.78, 5) is 22.3. The van der Waals surface area contributed by atoms with Gasteiger partial charge in [0.25, 0.3) is 17.8 Å². The SMILES string of the molecule is CC.CC.CN1C(=O)C(N(C)c2c(F)c(F)nc(F)c2F)N=C(c2ccccc2)c2ccccc21. The first-order valence-electron chi connectivity index (χ1n) is 11.2. The van der Waals surface area contributed by atoms with Crippen molar-refractivity contribution in [1.29, 1.82) is 0 Å². The first-order valence-corrected chi connectivity index (χ1v) is 11.2. The molecular formula is C26H28F4N4O. The minimum absolute atomic E-state index is 0.390. The molecule has 1 atom stereocenters. The quantitative estimate of drug-likeness (QED) is 0.337. The number of halogens is 4. The van der Waals surface area contributed by atoms with E-state index in [4.69, 9.17) is 0 Å². The first-order chi connectivity index (χ1) is 16.8. The minimum atomic E-state index is -1.81. The van der Waals surface area contributed by atoms with Gasteiger partial charge in [0.15, 0.2) is 0 Å². The van der Waals surface area contributed by atoms with Crippen molar-refractivity contribution in [3.8, 4) is 0 Å². The van der Waals surface area contributed by atoms with Crippen LogP contribution in [0.15, 0.2) is 59.6 Å². The van der Waals surface area contributed by atoms with Crippen molar-refractivity contribution in [3.05, 3.63) is 89.3 Å². The van der Waals surface area contributed by atoms with Crippen LogP contribution in [0.3, 0.4) is 0 Å². The lowest BCUT2D eigenvalue weighted by Crippen LogP contribution is -2.45. The molecular weight excluding hydrogens is 460 g/mol. The summed E-state index contributed by atoms with van der Waals surface area (Å²) in [5, 5.41) is 0. The fraction of sp³-hybridized carbons (Fsp3) is 0.269. The van der Waals surface area contributed by atoms with Gasteiger partial charge in [-0.05, 0) is 6.07 Å². The van der Waals surface area contributed by atoms with Crippen LogP contribution in [-0.4, -0.2) is 36.9 Å². The average molecular weight is 489 g/mol. The van der Waals surface area contributed by atoms with E-state index in [-0.39, 0.29) is 0 Å². The number of aromatic nitrogens is 1. The second-order valence-corrected chi connectivity index (χ2v) is 6.91. The molecule has 5 nitrogen and oxygen atoms in total. The summed E-state index contributed by atoms with van der Waals surface area (Å²) in [7, 11) is 2.63. The highest BCUT2D eigenvalue weighted by atomic mass is 19.2. The maximum absolute atomic E-state index is 14.4. The molecule has 1 aliphatic heterocycles. The molecule has 2 aromatic carbocycles. The van der Waals surface area contributed by atoms with Gasteiger partial charge in [0.1, 0.15) is 5.69 Å². The Morgan fingerprint density at radius 3 is 1.91 bits per heavy atom. The third kappa shape index (κ3) is 5.34. The molecule has 4 rings (SSSR count). The number of pyridine rings is 1. The summed E-state index contributed by atoms with van der Waals surface area (Å²) in [5.41, 5.74) is 1.12. The van der Waals surface area contributed by atoms with E-state index in [1.54, 1.807) is 54.6 Å². The van der Waals surface area contributed by atoms with Gasteiger partial charge in [-0.1, -0.05) is 76.2 Å². The van der Waals surface area contributed by atoms with E-state index in [1.807, 2.05) is 27.7 Å². The zero-order valence-corrected chi connectivity index (χ0v) is 20.5. The maximum atomic E-state index is 14.4. The molecule has 0 bridgehead atoms. The topological polar surface area (TPSA) is 48.8 Å². The first kappa shape index (κ1) is 27.5. The Morgan fingerprint density at radius 2 is 1.34 bits per heavy atom. The highest BCUT2D eigenvalue weighted by molar-refractivity contribution is 6.20. The van der Waals surface area contributed by atoms with E-state index >= 15 is 0 Å². The van der Waals surface area contributed by atoms with Crippen molar-refractivity contribution in [1.82, 2.24) is 4.98 Å². The van der Waals surface area contributed by atoms with Crippen molar-refractivity contribution in [2.75, 3.05) is 23.9 Å². The van der Waals surface area contributed by atoms with E-state index in [9.17, 15) is 22.4 Å². The summed E-state index contributed by atoms with van der Waals surface area (Å²) in [5.74, 6) is -7.70. The molecule has 0 spiro atoms. The van der Waals surface area contributed by atoms with E-state index in [1.165, 1.54) is 11.9 Å². The fourth-order valence-corrected chi connectivity index (χ4v) is 3.49. The van der Waals surface area contributed by atoms with Crippen LogP contribution in [-0.2, 0) is 4.79 Å². The van der Waals surface area contributed by atoms with Crippen molar-refractivity contribution >= 4 is 23.0 Å². The largest absolute Gasteiger partial charge is 0.340 e. The highest BCUT2D eigenvalue weighted by Crippen LogP contribution is 2.32. The van der Waals surface area contributed by atoms with Crippen molar-refractivity contribution in [3.63, 3.8) is 0 Å². The Kier molecular flexibility index (Phi) is 9.50. The van der Waals surface area contributed by atoms with Gasteiger partial charge in [0.2, 0.25) is 17.8 Å². The summed E-state index contributed by atoms with van der Waals surface area (Å²) in [6.45, 7) is 8.00. The summed E-state index contributed by atoms with van der Waals surface area (Å²) >= 11 is 0. The van der Waals surface area contributed by atoms with Crippen molar-refractivity contribution in [2.45, 2.75) is 33.9 Å². The number of benzodiazepines with no additional fused rings is 1. The number of aliphatic imine (C=N–C) groups is 1. The van der Waals surface area contributed by atoms with Crippen LogP contribution in [0.4, 0.5) is 28.9 Å². The normalized spacial score (nSPS) is 14.5. The van der Waals surface area contributed by atoms with Crippen molar-refractivity contribution in [2.24, 2.45) is 4.99 Å². The molecule has 1 amide bonds. The van der Waals surface area contributed by atoms with Crippen LogP contribution in [0, 0.1) is 23.5 Å². The number of hydrogen-bond donors (Lipinski definition) is 0. The zero-order chi connectivity index (χ0) is 26.3. The maximum Gasteiger partial charge on any atom is 0.272 e. The number of para-hydroxylation sites is 1. The average Bonchev–Trinajstić information content (AvgIpc) is 3.00. The van der Waals surface area contributed by atoms with Gasteiger partial charge >= 0.3 is 0 Å². The molecule has 1 aromatic heterocycles. The third-order valence-electron chi connectivity index (χ3n) is 5.06. The van der Waals surface area contributed by atoms with Gasteiger partial charge in [-0.25, -0.2) is 4.99 Å². The number of likely N-dealkylation sites (N-methyl/N-ethyl adjacent to an activating group) is 2. The molecule has 9 heteroatoms. The lowest BCUT2D eigenvalue weighted by Gasteiger charge is -2.28. The minimum Gasteiger partial charge on any atom is -0.340 e. The molecule has 2 heterocycles. The lowest BCUT2D eigenvalue weighted by atomic mass is 10.0. The fourth-order valence-electron chi connectivity index (χ4n) is 3.49. The molecule has 3 aromatic rings. The second kappa shape index (κ2) is 12.1. The second-order valence-electron chi connectivity index (χ2n) is 6.91. The molecule has 0 radical (unpaired) electrons. The number of anilines is 2.